The molecule has 0 saturated heterocycles. The zero-order chi connectivity index (χ0) is 13.9. The molecule has 20 heavy (non-hydrogen) atoms. The summed E-state index contributed by atoms with van der Waals surface area (Å²) in [7, 11) is 0. The molecule has 0 aliphatic heterocycles. The van der Waals surface area contributed by atoms with Gasteiger partial charge in [0.25, 0.3) is 0 Å². The van der Waals surface area contributed by atoms with Crippen LogP contribution in [0.15, 0.2) is 0 Å². The van der Waals surface area contributed by atoms with Crippen molar-refractivity contribution < 1.29 is 0 Å². The van der Waals surface area contributed by atoms with Gasteiger partial charge in [0.2, 0.25) is 0 Å². The molecular formula is C17H33N3. The van der Waals surface area contributed by atoms with Crippen molar-refractivity contribution in [3.8, 4) is 0 Å². The van der Waals surface area contributed by atoms with Crippen molar-refractivity contribution in [2.24, 2.45) is 11.5 Å². The Morgan fingerprint density at radius 2 is 0.850 bits per heavy atom. The van der Waals surface area contributed by atoms with Crippen LogP contribution < -0.4 is 11.5 Å². The third-order valence-corrected chi connectivity index (χ3v) is 6.07. The Balaban J connectivity index is 1.66. The van der Waals surface area contributed by atoms with Crippen LogP contribution in [0.5, 0.6) is 0 Å². The number of rotatable bonds is 3. The monoisotopic (exact) mass is 279 g/mol. The molecule has 0 heterocycles. The highest BCUT2D eigenvalue weighted by atomic mass is 15.2. The molecule has 3 aliphatic carbocycles. The third-order valence-electron chi connectivity index (χ3n) is 6.07. The fourth-order valence-corrected chi connectivity index (χ4v) is 4.90. The largest absolute Gasteiger partial charge is 0.328 e. The van der Waals surface area contributed by atoms with E-state index < -0.39 is 0 Å². The van der Waals surface area contributed by atoms with Crippen molar-refractivity contribution in [1.29, 1.82) is 0 Å². The maximum atomic E-state index is 6.11. The highest BCUT2D eigenvalue weighted by Crippen LogP contribution is 2.36. The Bertz CT molecular complexity index is 263. The van der Waals surface area contributed by atoms with Crippen molar-refractivity contribution in [2.45, 2.75) is 107 Å². The van der Waals surface area contributed by atoms with Crippen molar-refractivity contribution in [2.75, 3.05) is 0 Å². The van der Waals surface area contributed by atoms with Gasteiger partial charge in [-0.15, -0.1) is 0 Å². The minimum Gasteiger partial charge on any atom is -0.328 e. The highest BCUT2D eigenvalue weighted by Gasteiger charge is 2.36. The maximum absolute atomic E-state index is 6.11. The number of hydrogen-bond acceptors (Lipinski definition) is 3. The molecule has 0 aromatic heterocycles. The average Bonchev–Trinajstić information content (AvgIpc) is 2.97. The molecule has 0 amide bonds. The average molecular weight is 279 g/mol. The second-order valence-corrected chi connectivity index (χ2v) is 7.52. The first-order valence-electron chi connectivity index (χ1n) is 9.02. The van der Waals surface area contributed by atoms with Gasteiger partial charge in [0.05, 0.1) is 0 Å². The summed E-state index contributed by atoms with van der Waals surface area (Å²) in [6, 6.07) is 3.44. The summed E-state index contributed by atoms with van der Waals surface area (Å²) >= 11 is 0. The van der Waals surface area contributed by atoms with E-state index in [9.17, 15) is 0 Å². The van der Waals surface area contributed by atoms with E-state index >= 15 is 0 Å². The zero-order valence-electron chi connectivity index (χ0n) is 13.0. The molecule has 0 bridgehead atoms. The van der Waals surface area contributed by atoms with E-state index in [1.54, 1.807) is 0 Å². The maximum Gasteiger partial charge on any atom is 0.0102 e. The van der Waals surface area contributed by atoms with Crippen LogP contribution in [-0.4, -0.2) is 35.1 Å². The van der Waals surface area contributed by atoms with Gasteiger partial charge in [-0.05, 0) is 64.2 Å². The topological polar surface area (TPSA) is 55.3 Å². The first-order valence-corrected chi connectivity index (χ1v) is 9.02. The Hall–Kier alpha value is -0.120. The molecule has 3 fully saturated rings. The van der Waals surface area contributed by atoms with E-state index in [1.165, 1.54) is 77.0 Å². The van der Waals surface area contributed by atoms with Gasteiger partial charge in [0, 0.05) is 30.2 Å². The summed E-state index contributed by atoms with van der Waals surface area (Å²) in [5, 5.41) is 0. The standard InChI is InChI=1S/C17H33N3/c18-13-5-9-16(10-6-13)20(15-3-1-2-4-15)17-11-7-14(19)8-12-17/h13-17H,1-12,18-19H2. The lowest BCUT2D eigenvalue weighted by atomic mass is 9.84. The second kappa shape index (κ2) is 6.76. The molecule has 3 heteroatoms. The van der Waals surface area contributed by atoms with Crippen LogP contribution in [0.1, 0.15) is 77.0 Å². The first-order chi connectivity index (χ1) is 9.74. The lowest BCUT2D eigenvalue weighted by molar-refractivity contribution is 0.0350. The number of nitrogens with zero attached hydrogens (tertiary/aromatic N) is 1. The Kier molecular flexibility index (Phi) is 5.00. The van der Waals surface area contributed by atoms with Crippen molar-refractivity contribution in [1.82, 2.24) is 4.90 Å². The van der Waals surface area contributed by atoms with E-state index in [-0.39, 0.29) is 0 Å². The van der Waals surface area contributed by atoms with Crippen LogP contribution in [0.4, 0.5) is 0 Å². The summed E-state index contributed by atoms with van der Waals surface area (Å²) in [6.45, 7) is 0. The molecule has 3 saturated carbocycles. The molecule has 0 aromatic rings. The van der Waals surface area contributed by atoms with Gasteiger partial charge in [0.15, 0.2) is 0 Å². The van der Waals surface area contributed by atoms with Crippen LogP contribution in [0.2, 0.25) is 0 Å². The quantitative estimate of drug-likeness (QED) is 0.835. The predicted octanol–water partition coefficient (Wildman–Crippen LogP) is 2.77. The van der Waals surface area contributed by atoms with E-state index in [2.05, 4.69) is 4.90 Å². The fourth-order valence-electron chi connectivity index (χ4n) is 4.90. The van der Waals surface area contributed by atoms with E-state index in [0.29, 0.717) is 12.1 Å². The minimum atomic E-state index is 0.469. The first kappa shape index (κ1) is 14.8. The lowest BCUT2D eigenvalue weighted by Crippen LogP contribution is -2.52. The normalized spacial score (nSPS) is 40.4. The van der Waals surface area contributed by atoms with Crippen LogP contribution in [0.25, 0.3) is 0 Å². The predicted molar refractivity (Wildman–Crippen MR) is 84.6 cm³/mol. The molecular weight excluding hydrogens is 246 g/mol. The van der Waals surface area contributed by atoms with Crippen LogP contribution in [-0.2, 0) is 0 Å². The zero-order valence-corrected chi connectivity index (χ0v) is 13.0. The fraction of sp³-hybridized carbons (Fsp3) is 1.00. The SMILES string of the molecule is NC1CCC(N(C2CCCC2)C2CCC(N)CC2)CC1. The van der Waals surface area contributed by atoms with E-state index in [4.69, 9.17) is 11.5 Å². The van der Waals surface area contributed by atoms with E-state index in [0.717, 1.165) is 18.1 Å². The Morgan fingerprint density at radius 3 is 1.25 bits per heavy atom. The third kappa shape index (κ3) is 3.37. The second-order valence-electron chi connectivity index (χ2n) is 7.52. The molecule has 116 valence electrons. The van der Waals surface area contributed by atoms with E-state index in [1.807, 2.05) is 0 Å². The minimum absolute atomic E-state index is 0.469. The molecule has 3 aliphatic rings. The number of hydrogen-bond donors (Lipinski definition) is 2. The molecule has 0 atom stereocenters. The van der Waals surface area contributed by atoms with Crippen LogP contribution in [0, 0.1) is 0 Å². The summed E-state index contributed by atoms with van der Waals surface area (Å²) in [4.78, 5) is 2.96. The molecule has 3 nitrogen and oxygen atoms in total. The molecule has 0 radical (unpaired) electrons. The van der Waals surface area contributed by atoms with Crippen molar-refractivity contribution in [3.05, 3.63) is 0 Å². The van der Waals surface area contributed by atoms with Crippen LogP contribution in [0.3, 0.4) is 0 Å². The summed E-state index contributed by atoms with van der Waals surface area (Å²) < 4.78 is 0. The smallest absolute Gasteiger partial charge is 0.0102 e. The molecule has 3 rings (SSSR count). The molecule has 0 unspecified atom stereocenters. The van der Waals surface area contributed by atoms with Gasteiger partial charge >= 0.3 is 0 Å². The van der Waals surface area contributed by atoms with Gasteiger partial charge in [-0.3, -0.25) is 4.90 Å². The molecule has 0 aromatic carbocycles. The molecule has 4 N–H and O–H groups in total. The lowest BCUT2D eigenvalue weighted by Gasteiger charge is -2.46. The van der Waals surface area contributed by atoms with Gasteiger partial charge in [0.1, 0.15) is 0 Å². The summed E-state index contributed by atoms with van der Waals surface area (Å²) in [6.07, 6.45) is 16.0. The highest BCUT2D eigenvalue weighted by molar-refractivity contribution is 4.93. The molecule has 0 spiro atoms. The van der Waals surface area contributed by atoms with Gasteiger partial charge in [-0.1, -0.05) is 12.8 Å². The van der Waals surface area contributed by atoms with Crippen molar-refractivity contribution in [3.63, 3.8) is 0 Å². The summed E-state index contributed by atoms with van der Waals surface area (Å²) in [5.41, 5.74) is 12.2. The Morgan fingerprint density at radius 1 is 0.500 bits per heavy atom. The van der Waals surface area contributed by atoms with Gasteiger partial charge in [-0.25, -0.2) is 0 Å². The van der Waals surface area contributed by atoms with Crippen LogP contribution >= 0.6 is 0 Å². The summed E-state index contributed by atoms with van der Waals surface area (Å²) in [5.74, 6) is 0. The number of nitrogens with two attached hydrogens (primary N) is 2. The van der Waals surface area contributed by atoms with Gasteiger partial charge < -0.3 is 11.5 Å². The van der Waals surface area contributed by atoms with Crippen molar-refractivity contribution >= 4 is 0 Å². The van der Waals surface area contributed by atoms with Gasteiger partial charge in [-0.2, -0.15) is 0 Å². The Labute approximate surface area is 124 Å².